The van der Waals surface area contributed by atoms with Gasteiger partial charge >= 0.3 is 0 Å². The van der Waals surface area contributed by atoms with Gasteiger partial charge in [0.05, 0.1) is 0 Å². The number of benzene rings is 1. The van der Waals surface area contributed by atoms with E-state index in [9.17, 15) is 0 Å². The third-order valence-corrected chi connectivity index (χ3v) is 5.35. The van der Waals surface area contributed by atoms with E-state index in [0.717, 1.165) is 12.3 Å². The molecular formula is C16H22Cl2. The van der Waals surface area contributed by atoms with Crippen molar-refractivity contribution in [1.82, 2.24) is 0 Å². The van der Waals surface area contributed by atoms with Crippen molar-refractivity contribution in [2.45, 2.75) is 44.4 Å². The molecule has 2 rings (SSSR count). The van der Waals surface area contributed by atoms with Crippen molar-refractivity contribution in [2.75, 3.05) is 11.8 Å². The largest absolute Gasteiger partial charge is 0.126 e. The molecule has 0 saturated heterocycles. The standard InChI is InChI=1S/C16H22Cl2/c1-13-6-8-15(9-7-13)16(11-17,12-18)10-14-4-2-3-5-14/h6-9,14H,2-5,10-12H2,1H3. The van der Waals surface area contributed by atoms with Crippen LogP contribution < -0.4 is 0 Å². The van der Waals surface area contributed by atoms with E-state index in [0.29, 0.717) is 11.8 Å². The Hall–Kier alpha value is -0.200. The van der Waals surface area contributed by atoms with Gasteiger partial charge in [0.15, 0.2) is 0 Å². The van der Waals surface area contributed by atoms with Crippen molar-refractivity contribution in [3.05, 3.63) is 35.4 Å². The summed E-state index contributed by atoms with van der Waals surface area (Å²) in [6, 6.07) is 8.74. The fourth-order valence-corrected chi connectivity index (χ4v) is 3.90. The van der Waals surface area contributed by atoms with Gasteiger partial charge in [0.1, 0.15) is 0 Å². The molecule has 1 aliphatic rings. The van der Waals surface area contributed by atoms with Crippen LogP contribution in [0.2, 0.25) is 0 Å². The Bertz CT molecular complexity index is 359. The van der Waals surface area contributed by atoms with Gasteiger partial charge in [0.25, 0.3) is 0 Å². The minimum atomic E-state index is -0.0359. The van der Waals surface area contributed by atoms with Crippen LogP contribution in [0.15, 0.2) is 24.3 Å². The first-order valence-electron chi connectivity index (χ1n) is 6.89. The van der Waals surface area contributed by atoms with Crippen molar-refractivity contribution in [3.63, 3.8) is 0 Å². The number of halogens is 2. The van der Waals surface area contributed by atoms with E-state index < -0.39 is 0 Å². The van der Waals surface area contributed by atoms with Crippen LogP contribution in [0, 0.1) is 12.8 Å². The zero-order chi connectivity index (χ0) is 13.0. The summed E-state index contributed by atoms with van der Waals surface area (Å²) in [6.07, 6.45) is 6.59. The second-order valence-corrected chi connectivity index (χ2v) is 6.30. The molecule has 0 N–H and O–H groups in total. The molecule has 0 atom stereocenters. The first kappa shape index (κ1) is 14.2. The molecule has 0 aliphatic heterocycles. The highest BCUT2D eigenvalue weighted by Crippen LogP contribution is 2.39. The van der Waals surface area contributed by atoms with Crippen LogP contribution in [0.4, 0.5) is 0 Å². The number of hydrogen-bond donors (Lipinski definition) is 0. The van der Waals surface area contributed by atoms with Crippen molar-refractivity contribution in [3.8, 4) is 0 Å². The van der Waals surface area contributed by atoms with E-state index in [1.807, 2.05) is 0 Å². The number of rotatable bonds is 5. The van der Waals surface area contributed by atoms with Crippen LogP contribution >= 0.6 is 23.2 Å². The molecule has 2 heteroatoms. The number of alkyl halides is 2. The maximum absolute atomic E-state index is 6.29. The van der Waals surface area contributed by atoms with Gasteiger partial charge in [-0.1, -0.05) is 55.5 Å². The highest BCUT2D eigenvalue weighted by molar-refractivity contribution is 6.22. The zero-order valence-electron chi connectivity index (χ0n) is 11.1. The van der Waals surface area contributed by atoms with Crippen LogP contribution in [-0.2, 0) is 5.41 Å². The summed E-state index contributed by atoms with van der Waals surface area (Å²) in [4.78, 5) is 0. The lowest BCUT2D eigenvalue weighted by molar-refractivity contribution is 0.372. The molecule has 1 aliphatic carbocycles. The molecule has 0 aromatic heterocycles. The van der Waals surface area contributed by atoms with E-state index in [2.05, 4.69) is 31.2 Å². The molecule has 1 aromatic carbocycles. The first-order valence-corrected chi connectivity index (χ1v) is 7.96. The van der Waals surface area contributed by atoms with Gasteiger partial charge in [-0.2, -0.15) is 0 Å². The average Bonchev–Trinajstić information content (AvgIpc) is 2.90. The van der Waals surface area contributed by atoms with E-state index in [4.69, 9.17) is 23.2 Å². The lowest BCUT2D eigenvalue weighted by Gasteiger charge is -2.33. The molecule has 0 amide bonds. The quantitative estimate of drug-likeness (QED) is 0.645. The predicted octanol–water partition coefficient (Wildman–Crippen LogP) is 5.29. The summed E-state index contributed by atoms with van der Waals surface area (Å²) < 4.78 is 0. The Balaban J connectivity index is 2.21. The zero-order valence-corrected chi connectivity index (χ0v) is 12.6. The highest BCUT2D eigenvalue weighted by Gasteiger charge is 2.34. The van der Waals surface area contributed by atoms with Gasteiger partial charge < -0.3 is 0 Å². The van der Waals surface area contributed by atoms with Gasteiger partial charge in [-0.25, -0.2) is 0 Å². The summed E-state index contributed by atoms with van der Waals surface area (Å²) in [7, 11) is 0. The predicted molar refractivity (Wildman–Crippen MR) is 80.9 cm³/mol. The second kappa shape index (κ2) is 6.30. The minimum Gasteiger partial charge on any atom is -0.126 e. The Kier molecular flexibility index (Phi) is 4.98. The van der Waals surface area contributed by atoms with E-state index in [-0.39, 0.29) is 5.41 Å². The molecule has 0 nitrogen and oxygen atoms in total. The first-order chi connectivity index (χ1) is 8.70. The van der Waals surface area contributed by atoms with Crippen molar-refractivity contribution >= 4 is 23.2 Å². The van der Waals surface area contributed by atoms with Crippen LogP contribution in [0.3, 0.4) is 0 Å². The maximum Gasteiger partial charge on any atom is 0.0332 e. The number of hydrogen-bond acceptors (Lipinski definition) is 0. The molecule has 1 fully saturated rings. The minimum absolute atomic E-state index is 0.0359. The Morgan fingerprint density at radius 2 is 1.61 bits per heavy atom. The lowest BCUT2D eigenvalue weighted by Crippen LogP contribution is -2.32. The third kappa shape index (κ3) is 3.03. The number of aryl methyl sites for hydroxylation is 1. The fourth-order valence-electron chi connectivity index (χ4n) is 3.09. The normalized spacial score (nSPS) is 17.3. The Morgan fingerprint density at radius 3 is 2.11 bits per heavy atom. The SMILES string of the molecule is Cc1ccc(C(CCl)(CCl)CC2CCCC2)cc1. The van der Waals surface area contributed by atoms with Gasteiger partial charge in [0.2, 0.25) is 0 Å². The highest BCUT2D eigenvalue weighted by atomic mass is 35.5. The summed E-state index contributed by atoms with van der Waals surface area (Å²) in [5, 5.41) is 0. The van der Waals surface area contributed by atoms with E-state index in [1.165, 1.54) is 36.8 Å². The van der Waals surface area contributed by atoms with Crippen LogP contribution in [0.25, 0.3) is 0 Å². The molecule has 0 radical (unpaired) electrons. The molecule has 100 valence electrons. The molecule has 0 spiro atoms. The third-order valence-electron chi connectivity index (χ3n) is 4.33. The summed E-state index contributed by atoms with van der Waals surface area (Å²) >= 11 is 12.6. The average molecular weight is 285 g/mol. The fraction of sp³-hybridized carbons (Fsp3) is 0.625. The smallest absolute Gasteiger partial charge is 0.0332 e. The van der Waals surface area contributed by atoms with Crippen LogP contribution in [-0.4, -0.2) is 11.8 Å². The topological polar surface area (TPSA) is 0 Å². The van der Waals surface area contributed by atoms with Crippen LogP contribution in [0.1, 0.15) is 43.2 Å². The lowest BCUT2D eigenvalue weighted by atomic mass is 9.76. The molecule has 0 bridgehead atoms. The van der Waals surface area contributed by atoms with Crippen molar-refractivity contribution < 1.29 is 0 Å². The summed E-state index contributed by atoms with van der Waals surface area (Å²) in [5.74, 6) is 2.05. The van der Waals surface area contributed by atoms with E-state index >= 15 is 0 Å². The van der Waals surface area contributed by atoms with Gasteiger partial charge in [-0.05, 0) is 24.8 Å². The summed E-state index contributed by atoms with van der Waals surface area (Å²) in [5.41, 5.74) is 2.56. The van der Waals surface area contributed by atoms with Crippen LogP contribution in [0.5, 0.6) is 0 Å². The molecule has 18 heavy (non-hydrogen) atoms. The van der Waals surface area contributed by atoms with Gasteiger partial charge in [-0.3, -0.25) is 0 Å². The molecular weight excluding hydrogens is 263 g/mol. The summed E-state index contributed by atoms with van der Waals surface area (Å²) in [6.45, 7) is 2.11. The van der Waals surface area contributed by atoms with Gasteiger partial charge in [-0.15, -0.1) is 23.2 Å². The second-order valence-electron chi connectivity index (χ2n) is 5.77. The Labute approximate surface area is 121 Å². The monoisotopic (exact) mass is 284 g/mol. The molecule has 1 aromatic rings. The molecule has 0 heterocycles. The van der Waals surface area contributed by atoms with E-state index in [1.54, 1.807) is 0 Å². The maximum atomic E-state index is 6.29. The Morgan fingerprint density at radius 1 is 1.06 bits per heavy atom. The molecule has 1 saturated carbocycles. The van der Waals surface area contributed by atoms with Gasteiger partial charge in [0, 0.05) is 17.2 Å². The van der Waals surface area contributed by atoms with Crippen molar-refractivity contribution in [2.24, 2.45) is 5.92 Å². The van der Waals surface area contributed by atoms with Crippen molar-refractivity contribution in [1.29, 1.82) is 0 Å². The molecule has 0 unspecified atom stereocenters.